The maximum absolute atomic E-state index is 10.6. The predicted octanol–water partition coefficient (Wildman–Crippen LogP) is 0.490. The maximum atomic E-state index is 10.6. The van der Waals surface area contributed by atoms with Gasteiger partial charge in [0.2, 0.25) is 0 Å². The summed E-state index contributed by atoms with van der Waals surface area (Å²) in [6.07, 6.45) is -5.08. The van der Waals surface area contributed by atoms with Crippen LogP contribution in [0.3, 0.4) is 0 Å². The topological polar surface area (TPSA) is 87.1 Å². The van der Waals surface area contributed by atoms with E-state index in [0.29, 0.717) is 0 Å². The van der Waals surface area contributed by atoms with Crippen LogP contribution in [0.15, 0.2) is 0 Å². The lowest BCUT2D eigenvalue weighted by Crippen LogP contribution is -2.21. The highest BCUT2D eigenvalue weighted by atomic mass is 19.4. The number of hydrogen-bond acceptors (Lipinski definition) is 3. The summed E-state index contributed by atoms with van der Waals surface area (Å²) in [6.45, 7) is 1.64. The molecule has 12 heavy (non-hydrogen) atoms. The van der Waals surface area contributed by atoms with Gasteiger partial charge in [0.25, 0.3) is 0 Å². The first kappa shape index (κ1) is 13.3. The highest BCUT2D eigenvalue weighted by Crippen LogP contribution is 2.13. The lowest BCUT2D eigenvalue weighted by atomic mass is 10.4. The Morgan fingerprint density at radius 1 is 1.67 bits per heavy atom. The van der Waals surface area contributed by atoms with Gasteiger partial charge in [0.15, 0.2) is 0 Å². The molecule has 0 aliphatic rings. The normalized spacial score (nSPS) is 12.0. The Hall–Kier alpha value is -1.29. The summed E-state index contributed by atoms with van der Waals surface area (Å²) in [5.41, 5.74) is 4.93. The second kappa shape index (κ2) is 5.37. The van der Waals surface area contributed by atoms with Gasteiger partial charge >= 0.3 is 12.1 Å². The zero-order chi connectivity index (χ0) is 10.4. The molecule has 0 fully saturated rings. The van der Waals surface area contributed by atoms with Crippen molar-refractivity contribution in [2.75, 3.05) is 0 Å². The standard InChI is InChI=1S/C3H6N2.C2HF3O2/c1-3(5)2-4;3-2(4,5)1(6)7/h3H,5H2,1H3;(H,6,7)/t3-;/m0./s1. The molecule has 4 nitrogen and oxygen atoms in total. The van der Waals surface area contributed by atoms with E-state index in [9.17, 15) is 13.2 Å². The molecule has 0 unspecified atom stereocenters. The van der Waals surface area contributed by atoms with E-state index < -0.39 is 12.1 Å². The molecule has 0 aromatic carbocycles. The number of nitrogens with two attached hydrogens (primary N) is 1. The van der Waals surface area contributed by atoms with E-state index in [-0.39, 0.29) is 6.04 Å². The number of rotatable bonds is 0. The predicted molar refractivity (Wildman–Crippen MR) is 33.0 cm³/mol. The van der Waals surface area contributed by atoms with Crippen LogP contribution in [0.2, 0.25) is 0 Å². The summed E-state index contributed by atoms with van der Waals surface area (Å²) in [5.74, 6) is -2.76. The molecule has 0 saturated heterocycles. The Bertz CT molecular complexity index is 182. The Labute approximate surface area is 66.4 Å². The van der Waals surface area contributed by atoms with Crippen molar-refractivity contribution in [1.82, 2.24) is 0 Å². The molecule has 3 N–H and O–H groups in total. The monoisotopic (exact) mass is 184 g/mol. The van der Waals surface area contributed by atoms with Crippen LogP contribution in [-0.2, 0) is 4.79 Å². The van der Waals surface area contributed by atoms with Crippen molar-refractivity contribution < 1.29 is 23.1 Å². The van der Waals surface area contributed by atoms with Crippen LogP contribution in [0.25, 0.3) is 0 Å². The third-order valence-corrected chi connectivity index (χ3v) is 0.446. The number of nitriles is 1. The molecule has 0 spiro atoms. The summed E-state index contributed by atoms with van der Waals surface area (Å²) >= 11 is 0. The lowest BCUT2D eigenvalue weighted by molar-refractivity contribution is -0.192. The fourth-order valence-electron chi connectivity index (χ4n) is 0. The SMILES string of the molecule is C[C@H](N)C#N.O=C(O)C(F)(F)F. The summed E-state index contributed by atoms with van der Waals surface area (Å²) < 4.78 is 31.7. The van der Waals surface area contributed by atoms with Gasteiger partial charge in [0, 0.05) is 0 Å². The van der Waals surface area contributed by atoms with Gasteiger partial charge in [-0.2, -0.15) is 18.4 Å². The van der Waals surface area contributed by atoms with Gasteiger partial charge in [-0.3, -0.25) is 0 Å². The second-order valence-corrected chi connectivity index (χ2v) is 1.72. The van der Waals surface area contributed by atoms with Crippen molar-refractivity contribution in [2.24, 2.45) is 5.73 Å². The van der Waals surface area contributed by atoms with E-state index in [0.717, 1.165) is 0 Å². The molecule has 7 heteroatoms. The van der Waals surface area contributed by atoms with Crippen molar-refractivity contribution in [3.8, 4) is 6.07 Å². The first-order chi connectivity index (χ1) is 5.21. The molecule has 0 radical (unpaired) electrons. The lowest BCUT2D eigenvalue weighted by Gasteiger charge is -1.93. The van der Waals surface area contributed by atoms with Crippen molar-refractivity contribution in [3.63, 3.8) is 0 Å². The minimum atomic E-state index is -5.08. The summed E-state index contributed by atoms with van der Waals surface area (Å²) in [5, 5.41) is 14.9. The Balaban J connectivity index is 0. The van der Waals surface area contributed by atoms with Crippen LogP contribution in [0, 0.1) is 11.3 Å². The van der Waals surface area contributed by atoms with E-state index in [2.05, 4.69) is 0 Å². The first-order valence-corrected chi connectivity index (χ1v) is 2.67. The quantitative estimate of drug-likeness (QED) is 0.573. The van der Waals surface area contributed by atoms with Crippen LogP contribution in [0.5, 0.6) is 0 Å². The Morgan fingerprint density at radius 3 is 1.83 bits per heavy atom. The van der Waals surface area contributed by atoms with Crippen molar-refractivity contribution in [1.29, 1.82) is 5.26 Å². The molecule has 0 saturated carbocycles. The van der Waals surface area contributed by atoms with Gasteiger partial charge in [-0.1, -0.05) is 0 Å². The number of nitrogens with zero attached hydrogens (tertiary/aromatic N) is 1. The van der Waals surface area contributed by atoms with Crippen LogP contribution in [-0.4, -0.2) is 23.3 Å². The minimum absolute atomic E-state index is 0.310. The molecule has 70 valence electrons. The number of aliphatic carboxylic acids is 1. The van der Waals surface area contributed by atoms with Crippen LogP contribution in [0.4, 0.5) is 13.2 Å². The van der Waals surface area contributed by atoms with Gasteiger partial charge in [-0.25, -0.2) is 4.79 Å². The molecule has 1 atom stereocenters. The molecule has 0 aliphatic carbocycles. The smallest absolute Gasteiger partial charge is 0.475 e. The zero-order valence-electron chi connectivity index (χ0n) is 6.09. The van der Waals surface area contributed by atoms with E-state index in [4.69, 9.17) is 20.9 Å². The zero-order valence-corrected chi connectivity index (χ0v) is 6.09. The molecule has 0 aliphatic heterocycles. The fourth-order valence-corrected chi connectivity index (χ4v) is 0. The van der Waals surface area contributed by atoms with Crippen LogP contribution >= 0.6 is 0 Å². The third-order valence-electron chi connectivity index (χ3n) is 0.446. The number of carbonyl (C=O) groups is 1. The second-order valence-electron chi connectivity index (χ2n) is 1.72. The molecular weight excluding hydrogens is 177 g/mol. The van der Waals surface area contributed by atoms with Gasteiger partial charge in [0.1, 0.15) is 0 Å². The highest BCUT2D eigenvalue weighted by Gasteiger charge is 2.38. The average molecular weight is 184 g/mol. The van der Waals surface area contributed by atoms with Crippen molar-refractivity contribution in [3.05, 3.63) is 0 Å². The van der Waals surface area contributed by atoms with Crippen LogP contribution < -0.4 is 5.73 Å². The van der Waals surface area contributed by atoms with E-state index in [1.165, 1.54) is 0 Å². The molecule has 0 heterocycles. The molecule has 0 aromatic heterocycles. The van der Waals surface area contributed by atoms with Gasteiger partial charge in [-0.05, 0) is 6.92 Å². The highest BCUT2D eigenvalue weighted by molar-refractivity contribution is 5.73. The van der Waals surface area contributed by atoms with Crippen molar-refractivity contribution in [2.45, 2.75) is 19.1 Å². The molecule has 0 amide bonds. The molecule has 0 aromatic rings. The Kier molecular flexibility index (Phi) is 5.96. The number of alkyl halides is 3. The van der Waals surface area contributed by atoms with E-state index in [1.54, 1.807) is 13.0 Å². The summed E-state index contributed by atoms with van der Waals surface area (Å²) in [6, 6.07) is 1.50. The van der Waals surface area contributed by atoms with Crippen LogP contribution in [0.1, 0.15) is 6.92 Å². The fraction of sp³-hybridized carbons (Fsp3) is 0.600. The maximum Gasteiger partial charge on any atom is 0.490 e. The molecule has 0 rings (SSSR count). The van der Waals surface area contributed by atoms with E-state index >= 15 is 0 Å². The number of hydrogen-bond donors (Lipinski definition) is 2. The van der Waals surface area contributed by atoms with Gasteiger partial charge < -0.3 is 10.8 Å². The van der Waals surface area contributed by atoms with E-state index in [1.807, 2.05) is 0 Å². The summed E-state index contributed by atoms with van der Waals surface area (Å²) in [7, 11) is 0. The number of halogens is 3. The number of carboxylic acid groups (broad SMARTS) is 1. The third kappa shape index (κ3) is 11.5. The van der Waals surface area contributed by atoms with Gasteiger partial charge in [-0.15, -0.1) is 0 Å². The largest absolute Gasteiger partial charge is 0.490 e. The Morgan fingerprint density at radius 2 is 1.83 bits per heavy atom. The first-order valence-electron chi connectivity index (χ1n) is 2.67. The molecule has 0 bridgehead atoms. The van der Waals surface area contributed by atoms with Crippen molar-refractivity contribution >= 4 is 5.97 Å². The summed E-state index contributed by atoms with van der Waals surface area (Å²) in [4.78, 5) is 8.90. The average Bonchev–Trinajstić information content (AvgIpc) is 1.87. The minimum Gasteiger partial charge on any atom is -0.475 e. The number of carboxylic acids is 1. The molecular formula is C5H7F3N2O2. The van der Waals surface area contributed by atoms with Gasteiger partial charge in [0.05, 0.1) is 12.1 Å².